The lowest BCUT2D eigenvalue weighted by Crippen LogP contribution is -2.48. The fraction of sp³-hybridized carbons (Fsp3) is 0.643. The van der Waals surface area contributed by atoms with Crippen LogP contribution in [0, 0.1) is 5.92 Å². The van der Waals surface area contributed by atoms with Crippen molar-refractivity contribution >= 4 is 28.8 Å². The predicted octanol–water partition coefficient (Wildman–Crippen LogP) is 2.03. The smallest absolute Gasteiger partial charge is 0.222 e. The summed E-state index contributed by atoms with van der Waals surface area (Å²) in [5.41, 5.74) is 5.57. The Hall–Kier alpha value is -0.620. The molecule has 2 heterocycles. The molecular formula is C14H22ClN3OS. The maximum absolute atomic E-state index is 12.1. The summed E-state index contributed by atoms with van der Waals surface area (Å²) < 4.78 is 0.838. The van der Waals surface area contributed by atoms with Gasteiger partial charge >= 0.3 is 0 Å². The van der Waals surface area contributed by atoms with Crippen LogP contribution in [0.15, 0.2) is 12.1 Å². The molecule has 4 nitrogen and oxygen atoms in total. The van der Waals surface area contributed by atoms with E-state index in [-0.39, 0.29) is 11.8 Å². The number of carbonyl (C=O) groups is 1. The highest BCUT2D eigenvalue weighted by Crippen LogP contribution is 2.23. The molecular weight excluding hydrogens is 294 g/mol. The maximum Gasteiger partial charge on any atom is 0.222 e. The van der Waals surface area contributed by atoms with Crippen molar-refractivity contribution in [1.82, 2.24) is 9.80 Å². The molecule has 20 heavy (non-hydrogen) atoms. The Morgan fingerprint density at radius 3 is 2.65 bits per heavy atom. The molecule has 1 aliphatic rings. The number of hydrogen-bond donors (Lipinski definition) is 1. The number of nitrogens with zero attached hydrogens (tertiary/aromatic N) is 2. The van der Waals surface area contributed by atoms with E-state index in [9.17, 15) is 4.79 Å². The van der Waals surface area contributed by atoms with E-state index >= 15 is 0 Å². The summed E-state index contributed by atoms with van der Waals surface area (Å²) in [6, 6.07) is 4.02. The van der Waals surface area contributed by atoms with Crippen molar-refractivity contribution in [2.24, 2.45) is 11.7 Å². The molecule has 6 heteroatoms. The molecule has 2 rings (SSSR count). The van der Waals surface area contributed by atoms with Gasteiger partial charge in [0.05, 0.1) is 4.34 Å². The van der Waals surface area contributed by atoms with Gasteiger partial charge in [-0.2, -0.15) is 0 Å². The summed E-state index contributed by atoms with van der Waals surface area (Å²) >= 11 is 7.57. The maximum atomic E-state index is 12.1. The Labute approximate surface area is 129 Å². The number of piperazine rings is 1. The van der Waals surface area contributed by atoms with Crippen LogP contribution in [0.1, 0.15) is 18.2 Å². The highest BCUT2D eigenvalue weighted by Gasteiger charge is 2.22. The minimum atomic E-state index is 0.238. The first-order chi connectivity index (χ1) is 9.58. The summed E-state index contributed by atoms with van der Waals surface area (Å²) in [7, 11) is 0. The van der Waals surface area contributed by atoms with Gasteiger partial charge in [0, 0.05) is 44.0 Å². The molecule has 1 aromatic rings. The number of nitrogens with two attached hydrogens (primary N) is 1. The number of amides is 1. The van der Waals surface area contributed by atoms with E-state index in [0.29, 0.717) is 13.0 Å². The molecule has 1 aromatic heterocycles. The van der Waals surface area contributed by atoms with Crippen LogP contribution in [0.2, 0.25) is 4.34 Å². The van der Waals surface area contributed by atoms with Crippen molar-refractivity contribution in [2.75, 3.05) is 32.7 Å². The van der Waals surface area contributed by atoms with Gasteiger partial charge in [0.1, 0.15) is 0 Å². The zero-order valence-electron chi connectivity index (χ0n) is 11.8. The second-order valence-corrected chi connectivity index (χ2v) is 7.21. The Morgan fingerprint density at radius 1 is 1.40 bits per heavy atom. The molecule has 112 valence electrons. The number of halogens is 1. The zero-order valence-corrected chi connectivity index (χ0v) is 13.4. The van der Waals surface area contributed by atoms with Crippen molar-refractivity contribution < 1.29 is 4.79 Å². The van der Waals surface area contributed by atoms with Gasteiger partial charge in [0.25, 0.3) is 0 Å². The van der Waals surface area contributed by atoms with Gasteiger partial charge in [-0.1, -0.05) is 18.5 Å². The van der Waals surface area contributed by atoms with Crippen LogP contribution in [0.4, 0.5) is 0 Å². The summed E-state index contributed by atoms with van der Waals surface area (Å²) in [5.74, 6) is 0.510. The molecule has 0 saturated carbocycles. The van der Waals surface area contributed by atoms with E-state index in [4.69, 9.17) is 17.3 Å². The van der Waals surface area contributed by atoms with Gasteiger partial charge in [-0.15, -0.1) is 11.3 Å². The largest absolute Gasteiger partial charge is 0.340 e. The summed E-state index contributed by atoms with van der Waals surface area (Å²) in [6.07, 6.45) is 0.567. The molecule has 2 N–H and O–H groups in total. The van der Waals surface area contributed by atoms with E-state index in [1.165, 1.54) is 4.88 Å². The molecule has 1 fully saturated rings. The third-order valence-electron chi connectivity index (χ3n) is 3.66. The summed E-state index contributed by atoms with van der Waals surface area (Å²) in [5, 5.41) is 0. The molecule has 1 aliphatic heterocycles. The highest BCUT2D eigenvalue weighted by molar-refractivity contribution is 7.16. The molecule has 1 saturated heterocycles. The Morgan fingerprint density at radius 2 is 2.10 bits per heavy atom. The van der Waals surface area contributed by atoms with E-state index < -0.39 is 0 Å². The van der Waals surface area contributed by atoms with E-state index in [1.54, 1.807) is 11.3 Å². The van der Waals surface area contributed by atoms with E-state index in [1.807, 2.05) is 17.9 Å². The minimum absolute atomic E-state index is 0.238. The molecule has 0 radical (unpaired) electrons. The van der Waals surface area contributed by atoms with Gasteiger partial charge < -0.3 is 10.6 Å². The van der Waals surface area contributed by atoms with Crippen LogP contribution in [-0.4, -0.2) is 48.4 Å². The normalized spacial score (nSPS) is 18.2. The van der Waals surface area contributed by atoms with E-state index in [0.717, 1.165) is 37.1 Å². The second kappa shape index (κ2) is 7.41. The third kappa shape index (κ3) is 4.45. The lowest BCUT2D eigenvalue weighted by atomic mass is 10.1. The molecule has 0 aromatic carbocycles. The number of thiophene rings is 1. The van der Waals surface area contributed by atoms with Crippen LogP contribution in [0.3, 0.4) is 0 Å². The topological polar surface area (TPSA) is 49.6 Å². The van der Waals surface area contributed by atoms with Crippen molar-refractivity contribution in [3.63, 3.8) is 0 Å². The first-order valence-electron chi connectivity index (χ1n) is 7.03. The molecule has 0 spiro atoms. The number of hydrogen-bond acceptors (Lipinski definition) is 4. The van der Waals surface area contributed by atoms with Crippen LogP contribution in [0.5, 0.6) is 0 Å². The second-order valence-electron chi connectivity index (χ2n) is 5.41. The van der Waals surface area contributed by atoms with Crippen LogP contribution in [-0.2, 0) is 11.3 Å². The van der Waals surface area contributed by atoms with Crippen molar-refractivity contribution in [1.29, 1.82) is 0 Å². The van der Waals surface area contributed by atoms with Gasteiger partial charge in [-0.25, -0.2) is 0 Å². The van der Waals surface area contributed by atoms with Crippen LogP contribution >= 0.6 is 22.9 Å². The predicted molar refractivity (Wildman–Crippen MR) is 84.0 cm³/mol. The monoisotopic (exact) mass is 315 g/mol. The Balaban J connectivity index is 1.76. The molecule has 1 atom stereocenters. The average molecular weight is 316 g/mol. The van der Waals surface area contributed by atoms with Gasteiger partial charge in [-0.05, 0) is 24.6 Å². The van der Waals surface area contributed by atoms with Crippen molar-refractivity contribution in [2.45, 2.75) is 19.9 Å². The Bertz CT molecular complexity index is 443. The Kier molecular flexibility index (Phi) is 5.84. The summed E-state index contributed by atoms with van der Waals surface area (Å²) in [6.45, 7) is 7.01. The van der Waals surface area contributed by atoms with Crippen LogP contribution in [0.25, 0.3) is 0 Å². The fourth-order valence-corrected chi connectivity index (χ4v) is 3.45. The van der Waals surface area contributed by atoms with Gasteiger partial charge in [0.2, 0.25) is 5.91 Å². The molecule has 1 unspecified atom stereocenters. The highest BCUT2D eigenvalue weighted by atomic mass is 35.5. The molecule has 1 amide bonds. The number of carbonyl (C=O) groups excluding carboxylic acids is 1. The van der Waals surface area contributed by atoms with Crippen molar-refractivity contribution in [3.05, 3.63) is 21.3 Å². The molecule has 0 aliphatic carbocycles. The summed E-state index contributed by atoms with van der Waals surface area (Å²) in [4.78, 5) is 17.7. The lowest BCUT2D eigenvalue weighted by molar-refractivity contribution is -0.133. The third-order valence-corrected chi connectivity index (χ3v) is 4.87. The zero-order chi connectivity index (χ0) is 14.5. The van der Waals surface area contributed by atoms with Gasteiger partial charge in [0.15, 0.2) is 0 Å². The van der Waals surface area contributed by atoms with Crippen LogP contribution < -0.4 is 5.73 Å². The van der Waals surface area contributed by atoms with E-state index in [2.05, 4.69) is 11.0 Å². The first kappa shape index (κ1) is 15.8. The fourth-order valence-electron chi connectivity index (χ4n) is 2.32. The van der Waals surface area contributed by atoms with Crippen molar-refractivity contribution in [3.8, 4) is 0 Å². The SMILES string of the molecule is CC(CN)CC(=O)N1CCN(Cc2ccc(Cl)s2)CC1. The standard InChI is InChI=1S/C14H22ClN3OS/c1-11(9-16)8-14(19)18-6-4-17(5-7-18)10-12-2-3-13(15)20-12/h2-3,11H,4-10,16H2,1H3. The average Bonchev–Trinajstić information content (AvgIpc) is 2.84. The number of rotatable bonds is 5. The van der Waals surface area contributed by atoms with Gasteiger partial charge in [-0.3, -0.25) is 9.69 Å². The first-order valence-corrected chi connectivity index (χ1v) is 8.22. The minimum Gasteiger partial charge on any atom is -0.340 e. The molecule has 0 bridgehead atoms. The lowest BCUT2D eigenvalue weighted by Gasteiger charge is -2.35. The quantitative estimate of drug-likeness (QED) is 0.904.